The van der Waals surface area contributed by atoms with Crippen molar-refractivity contribution in [1.29, 1.82) is 0 Å². The molecule has 1 fully saturated rings. The van der Waals surface area contributed by atoms with Crippen molar-refractivity contribution in [2.24, 2.45) is 0 Å². The van der Waals surface area contributed by atoms with E-state index in [1.165, 1.54) is 19.3 Å². The molecule has 0 bridgehead atoms. The highest BCUT2D eigenvalue weighted by atomic mass is 16.2. The summed E-state index contributed by atoms with van der Waals surface area (Å²) < 4.78 is 0. The van der Waals surface area contributed by atoms with Crippen LogP contribution in [-0.2, 0) is 0 Å². The third-order valence-electron chi connectivity index (χ3n) is 4.59. The summed E-state index contributed by atoms with van der Waals surface area (Å²) in [5, 5.41) is 6.76. The first-order valence-electron chi connectivity index (χ1n) is 8.46. The Hall–Kier alpha value is -1.95. The third kappa shape index (κ3) is 3.11. The van der Waals surface area contributed by atoms with Gasteiger partial charge in [-0.3, -0.25) is 4.79 Å². The molecule has 0 aromatic heterocycles. The van der Waals surface area contributed by atoms with E-state index in [4.69, 9.17) is 0 Å². The van der Waals surface area contributed by atoms with Gasteiger partial charge in [-0.1, -0.05) is 31.6 Å². The van der Waals surface area contributed by atoms with Crippen LogP contribution < -0.4 is 10.6 Å². The van der Waals surface area contributed by atoms with E-state index in [0.29, 0.717) is 0 Å². The zero-order valence-corrected chi connectivity index (χ0v) is 13.3. The lowest BCUT2D eigenvalue weighted by atomic mass is 9.86. The number of unbranched alkanes of at least 4 members (excludes halogenated alkanes) is 2. The minimum atomic E-state index is -0.226. The molecule has 0 radical (unpaired) electrons. The molecule has 1 aromatic rings. The van der Waals surface area contributed by atoms with Crippen molar-refractivity contribution in [3.05, 3.63) is 29.3 Å². The fourth-order valence-corrected chi connectivity index (χ4v) is 3.33. The first kappa shape index (κ1) is 15.0. The van der Waals surface area contributed by atoms with E-state index in [2.05, 4.69) is 29.4 Å². The summed E-state index contributed by atoms with van der Waals surface area (Å²) in [6, 6.07) is 5.93. The number of fused-ring (bicyclic) bond motifs is 1. The third-order valence-corrected chi connectivity index (χ3v) is 4.59. The van der Waals surface area contributed by atoms with E-state index in [1.54, 1.807) is 0 Å². The van der Waals surface area contributed by atoms with E-state index < -0.39 is 0 Å². The summed E-state index contributed by atoms with van der Waals surface area (Å²) in [4.78, 5) is 12.5. The topological polar surface area (TPSA) is 41.1 Å². The first-order valence-corrected chi connectivity index (χ1v) is 8.46. The van der Waals surface area contributed by atoms with Crippen molar-refractivity contribution >= 4 is 11.6 Å². The molecule has 0 saturated heterocycles. The van der Waals surface area contributed by atoms with Gasteiger partial charge in [0.15, 0.2) is 0 Å². The summed E-state index contributed by atoms with van der Waals surface area (Å²) in [6.45, 7) is 2.16. The quantitative estimate of drug-likeness (QED) is 0.638. The van der Waals surface area contributed by atoms with Gasteiger partial charge in [-0.2, -0.15) is 0 Å². The predicted octanol–water partition coefficient (Wildman–Crippen LogP) is 4.04. The molecule has 1 aliphatic heterocycles. The molecule has 1 aliphatic carbocycles. The Morgan fingerprint density at radius 1 is 1.18 bits per heavy atom. The van der Waals surface area contributed by atoms with Crippen LogP contribution in [0.2, 0.25) is 0 Å². The van der Waals surface area contributed by atoms with Crippen LogP contribution >= 0.6 is 0 Å². The maximum atomic E-state index is 12.5. The van der Waals surface area contributed by atoms with Crippen molar-refractivity contribution in [3.8, 4) is 11.8 Å². The van der Waals surface area contributed by atoms with Crippen molar-refractivity contribution in [2.75, 3.05) is 5.32 Å². The fraction of sp³-hybridized carbons (Fsp3) is 0.526. The van der Waals surface area contributed by atoms with Crippen LogP contribution in [0.25, 0.3) is 0 Å². The van der Waals surface area contributed by atoms with Gasteiger partial charge in [0.2, 0.25) is 0 Å². The van der Waals surface area contributed by atoms with E-state index in [0.717, 1.165) is 48.9 Å². The Morgan fingerprint density at radius 2 is 2.00 bits per heavy atom. The van der Waals surface area contributed by atoms with Gasteiger partial charge in [-0.25, -0.2) is 0 Å². The van der Waals surface area contributed by atoms with Crippen LogP contribution in [0.15, 0.2) is 18.2 Å². The summed E-state index contributed by atoms with van der Waals surface area (Å²) >= 11 is 0. The molecule has 0 unspecified atom stereocenters. The lowest BCUT2D eigenvalue weighted by Crippen LogP contribution is -2.58. The minimum absolute atomic E-state index is 0.0351. The van der Waals surface area contributed by atoms with Gasteiger partial charge < -0.3 is 10.6 Å². The van der Waals surface area contributed by atoms with E-state index >= 15 is 0 Å². The Labute approximate surface area is 132 Å². The molecule has 1 aromatic carbocycles. The number of benzene rings is 1. The second kappa shape index (κ2) is 6.44. The molecule has 3 heteroatoms. The lowest BCUT2D eigenvalue weighted by Gasteiger charge is -2.43. The number of hydrogen-bond acceptors (Lipinski definition) is 2. The smallest absolute Gasteiger partial charge is 0.255 e. The molecule has 0 atom stereocenters. The maximum Gasteiger partial charge on any atom is 0.255 e. The number of carbonyl (C=O) groups is 1. The molecule has 3 rings (SSSR count). The second-order valence-electron chi connectivity index (χ2n) is 6.39. The fourth-order valence-electron chi connectivity index (χ4n) is 3.33. The van der Waals surface area contributed by atoms with E-state index in [1.807, 2.05) is 18.2 Å². The van der Waals surface area contributed by atoms with Gasteiger partial charge in [0.25, 0.3) is 5.91 Å². The predicted molar refractivity (Wildman–Crippen MR) is 89.7 cm³/mol. The van der Waals surface area contributed by atoms with Crippen molar-refractivity contribution < 1.29 is 4.79 Å². The number of hydrogen-bond donors (Lipinski definition) is 2. The Kier molecular flexibility index (Phi) is 4.38. The summed E-state index contributed by atoms with van der Waals surface area (Å²) in [5.41, 5.74) is 2.37. The zero-order valence-electron chi connectivity index (χ0n) is 13.3. The minimum Gasteiger partial charge on any atom is -0.362 e. The Morgan fingerprint density at radius 3 is 2.77 bits per heavy atom. The lowest BCUT2D eigenvalue weighted by molar-refractivity contribution is 0.0876. The van der Waals surface area contributed by atoms with Gasteiger partial charge in [-0.15, -0.1) is 0 Å². The van der Waals surface area contributed by atoms with Crippen LogP contribution in [0, 0.1) is 11.8 Å². The molecule has 1 heterocycles. The summed E-state index contributed by atoms with van der Waals surface area (Å²) in [6.07, 6.45) is 8.83. The van der Waals surface area contributed by atoms with Gasteiger partial charge in [0.1, 0.15) is 5.66 Å². The molecule has 116 valence electrons. The average Bonchev–Trinajstić information content (AvgIpc) is 2.53. The Bertz CT molecular complexity index is 618. The van der Waals surface area contributed by atoms with Crippen LogP contribution in [-0.4, -0.2) is 11.6 Å². The Balaban J connectivity index is 1.80. The van der Waals surface area contributed by atoms with Crippen LogP contribution in [0.1, 0.15) is 74.2 Å². The van der Waals surface area contributed by atoms with Crippen LogP contribution in [0.5, 0.6) is 0 Å². The second-order valence-corrected chi connectivity index (χ2v) is 6.39. The van der Waals surface area contributed by atoms with Gasteiger partial charge in [0, 0.05) is 17.7 Å². The largest absolute Gasteiger partial charge is 0.362 e. The van der Waals surface area contributed by atoms with Gasteiger partial charge >= 0.3 is 0 Å². The monoisotopic (exact) mass is 296 g/mol. The molecule has 3 nitrogen and oxygen atoms in total. The molecular formula is C19H24N2O. The van der Waals surface area contributed by atoms with Crippen LogP contribution in [0.3, 0.4) is 0 Å². The number of amides is 1. The molecule has 1 amide bonds. The highest BCUT2D eigenvalue weighted by Crippen LogP contribution is 2.34. The highest BCUT2D eigenvalue weighted by Gasteiger charge is 2.38. The molecule has 1 saturated carbocycles. The van der Waals surface area contributed by atoms with Crippen molar-refractivity contribution in [2.45, 2.75) is 64.0 Å². The summed E-state index contributed by atoms with van der Waals surface area (Å²) in [5.74, 6) is 6.38. The number of carbonyl (C=O) groups excluding carboxylic acids is 1. The zero-order chi connectivity index (χ0) is 15.4. The number of anilines is 1. The van der Waals surface area contributed by atoms with E-state index in [-0.39, 0.29) is 11.6 Å². The van der Waals surface area contributed by atoms with Crippen molar-refractivity contribution in [3.63, 3.8) is 0 Å². The van der Waals surface area contributed by atoms with Crippen molar-refractivity contribution in [1.82, 2.24) is 5.32 Å². The first-order chi connectivity index (χ1) is 10.7. The maximum absolute atomic E-state index is 12.5. The highest BCUT2D eigenvalue weighted by molar-refractivity contribution is 6.02. The summed E-state index contributed by atoms with van der Waals surface area (Å²) in [7, 11) is 0. The number of rotatable bonds is 2. The standard InChI is InChI=1S/C19H24N2O/c1-2-3-4-6-9-15-10-11-17-16(14-15)18(22)21-19(20-17)12-7-5-8-13-19/h10-11,14,20H,2-5,7-8,12-13H2,1H3,(H,21,22). The number of nitrogens with one attached hydrogen (secondary N) is 2. The average molecular weight is 296 g/mol. The SMILES string of the molecule is CCCCC#Cc1ccc2c(c1)C(=O)NC1(CCCCC1)N2. The molecule has 2 N–H and O–H groups in total. The molecule has 22 heavy (non-hydrogen) atoms. The molecular weight excluding hydrogens is 272 g/mol. The van der Waals surface area contributed by atoms with Gasteiger partial charge in [-0.05, 0) is 50.3 Å². The normalized spacial score (nSPS) is 18.7. The van der Waals surface area contributed by atoms with Crippen LogP contribution in [0.4, 0.5) is 5.69 Å². The molecule has 1 spiro atoms. The van der Waals surface area contributed by atoms with E-state index in [9.17, 15) is 4.79 Å². The molecule has 2 aliphatic rings. The van der Waals surface area contributed by atoms with Gasteiger partial charge in [0.05, 0.1) is 5.56 Å².